The lowest BCUT2D eigenvalue weighted by Crippen LogP contribution is -2.40. The molecule has 1 amide bonds. The number of likely N-dealkylation sites (tertiary alicyclic amines) is 1. The number of ketones is 1. The maximum absolute atomic E-state index is 13.1. The Hall–Kier alpha value is -2.46. The molecule has 1 fully saturated rings. The molecular weight excluding hydrogens is 336 g/mol. The van der Waals surface area contributed by atoms with Crippen molar-refractivity contribution >= 4 is 11.7 Å². The van der Waals surface area contributed by atoms with Gasteiger partial charge in [0.15, 0.2) is 5.78 Å². The molecule has 0 spiro atoms. The SMILES string of the molecule is CNCC1CCN(C(=O)c2ccccc2C(=O)c2ccc(C)c(C)c2)CC1. The van der Waals surface area contributed by atoms with E-state index in [0.717, 1.165) is 43.6 Å². The van der Waals surface area contributed by atoms with Crippen molar-refractivity contribution in [2.24, 2.45) is 5.92 Å². The summed E-state index contributed by atoms with van der Waals surface area (Å²) in [6.45, 7) is 6.51. The highest BCUT2D eigenvalue weighted by Gasteiger charge is 2.26. The Morgan fingerprint density at radius 1 is 1.00 bits per heavy atom. The number of hydrogen-bond donors (Lipinski definition) is 1. The summed E-state index contributed by atoms with van der Waals surface area (Å²) in [7, 11) is 1.96. The Bertz CT molecular complexity index is 836. The largest absolute Gasteiger partial charge is 0.339 e. The van der Waals surface area contributed by atoms with Crippen LogP contribution in [0.2, 0.25) is 0 Å². The summed E-state index contributed by atoms with van der Waals surface area (Å²) >= 11 is 0. The molecule has 1 heterocycles. The van der Waals surface area contributed by atoms with Crippen molar-refractivity contribution in [2.45, 2.75) is 26.7 Å². The first-order valence-corrected chi connectivity index (χ1v) is 9.66. The van der Waals surface area contributed by atoms with E-state index < -0.39 is 0 Å². The molecule has 0 saturated carbocycles. The first-order chi connectivity index (χ1) is 13.0. The van der Waals surface area contributed by atoms with Crippen LogP contribution in [0.5, 0.6) is 0 Å². The molecule has 0 aromatic heterocycles. The molecule has 27 heavy (non-hydrogen) atoms. The van der Waals surface area contributed by atoms with Gasteiger partial charge in [0.05, 0.1) is 5.56 Å². The zero-order valence-electron chi connectivity index (χ0n) is 16.4. The van der Waals surface area contributed by atoms with Crippen molar-refractivity contribution in [1.82, 2.24) is 10.2 Å². The predicted molar refractivity (Wildman–Crippen MR) is 108 cm³/mol. The molecule has 0 radical (unpaired) electrons. The van der Waals surface area contributed by atoms with Gasteiger partial charge in [-0.15, -0.1) is 0 Å². The summed E-state index contributed by atoms with van der Waals surface area (Å²) in [6.07, 6.45) is 2.00. The summed E-state index contributed by atoms with van der Waals surface area (Å²) in [5.74, 6) is 0.490. The summed E-state index contributed by atoms with van der Waals surface area (Å²) in [5, 5.41) is 3.22. The highest BCUT2D eigenvalue weighted by Crippen LogP contribution is 2.22. The molecule has 0 unspecified atom stereocenters. The minimum atomic E-state index is -0.0906. The van der Waals surface area contributed by atoms with Gasteiger partial charge in [-0.05, 0) is 69.5 Å². The molecule has 1 aliphatic heterocycles. The normalized spacial score (nSPS) is 15.0. The zero-order chi connectivity index (χ0) is 19.4. The van der Waals surface area contributed by atoms with Crippen LogP contribution in [0.25, 0.3) is 0 Å². The Morgan fingerprint density at radius 2 is 1.67 bits per heavy atom. The van der Waals surface area contributed by atoms with Crippen LogP contribution in [-0.4, -0.2) is 43.3 Å². The Kier molecular flexibility index (Phi) is 6.07. The Balaban J connectivity index is 1.82. The number of piperidine rings is 1. The van der Waals surface area contributed by atoms with E-state index in [0.29, 0.717) is 22.6 Å². The third kappa shape index (κ3) is 4.28. The van der Waals surface area contributed by atoms with Gasteiger partial charge in [0.25, 0.3) is 5.91 Å². The van der Waals surface area contributed by atoms with Crippen LogP contribution in [-0.2, 0) is 0 Å². The van der Waals surface area contributed by atoms with E-state index in [1.807, 2.05) is 56.1 Å². The van der Waals surface area contributed by atoms with Crippen LogP contribution in [0.4, 0.5) is 0 Å². The number of carbonyl (C=O) groups excluding carboxylic acids is 2. The second-order valence-corrected chi connectivity index (χ2v) is 7.47. The summed E-state index contributed by atoms with van der Waals surface area (Å²) in [4.78, 5) is 28.1. The van der Waals surface area contributed by atoms with Gasteiger partial charge in [-0.25, -0.2) is 0 Å². The smallest absolute Gasteiger partial charge is 0.254 e. The maximum Gasteiger partial charge on any atom is 0.254 e. The Morgan fingerprint density at radius 3 is 2.30 bits per heavy atom. The van der Waals surface area contributed by atoms with Crippen LogP contribution in [0.3, 0.4) is 0 Å². The van der Waals surface area contributed by atoms with Crippen LogP contribution in [0.1, 0.15) is 50.2 Å². The molecule has 4 nitrogen and oxygen atoms in total. The molecule has 4 heteroatoms. The molecule has 3 rings (SSSR count). The van der Waals surface area contributed by atoms with Crippen molar-refractivity contribution < 1.29 is 9.59 Å². The number of amides is 1. The fraction of sp³-hybridized carbons (Fsp3) is 0.391. The van der Waals surface area contributed by atoms with Crippen molar-refractivity contribution in [3.05, 3.63) is 70.3 Å². The number of aryl methyl sites for hydroxylation is 2. The van der Waals surface area contributed by atoms with Crippen LogP contribution < -0.4 is 5.32 Å². The van der Waals surface area contributed by atoms with E-state index in [-0.39, 0.29) is 11.7 Å². The molecule has 1 aliphatic rings. The number of nitrogens with one attached hydrogen (secondary N) is 1. The highest BCUT2D eigenvalue weighted by molar-refractivity contribution is 6.15. The van der Waals surface area contributed by atoms with E-state index >= 15 is 0 Å². The van der Waals surface area contributed by atoms with Gasteiger partial charge in [0, 0.05) is 24.2 Å². The first-order valence-electron chi connectivity index (χ1n) is 9.66. The monoisotopic (exact) mass is 364 g/mol. The molecule has 1 N–H and O–H groups in total. The second kappa shape index (κ2) is 8.49. The van der Waals surface area contributed by atoms with Crippen LogP contribution in [0, 0.1) is 19.8 Å². The third-order valence-corrected chi connectivity index (χ3v) is 5.57. The van der Waals surface area contributed by atoms with Gasteiger partial charge in [-0.2, -0.15) is 0 Å². The van der Waals surface area contributed by atoms with E-state index in [1.54, 1.807) is 12.1 Å². The molecule has 0 bridgehead atoms. The lowest BCUT2D eigenvalue weighted by atomic mass is 9.93. The highest BCUT2D eigenvalue weighted by atomic mass is 16.2. The van der Waals surface area contributed by atoms with E-state index in [2.05, 4.69) is 5.32 Å². The first kappa shape index (κ1) is 19.3. The van der Waals surface area contributed by atoms with E-state index in [4.69, 9.17) is 0 Å². The molecular formula is C23H28N2O2. The average molecular weight is 364 g/mol. The fourth-order valence-corrected chi connectivity index (χ4v) is 3.70. The summed E-state index contributed by atoms with van der Waals surface area (Å²) in [6, 6.07) is 12.9. The molecule has 2 aromatic rings. The number of hydrogen-bond acceptors (Lipinski definition) is 3. The fourth-order valence-electron chi connectivity index (χ4n) is 3.70. The average Bonchev–Trinajstić information content (AvgIpc) is 2.70. The van der Waals surface area contributed by atoms with Crippen molar-refractivity contribution in [2.75, 3.05) is 26.7 Å². The van der Waals surface area contributed by atoms with Gasteiger partial charge >= 0.3 is 0 Å². The van der Waals surface area contributed by atoms with Gasteiger partial charge in [0.1, 0.15) is 0 Å². The van der Waals surface area contributed by atoms with Crippen molar-refractivity contribution in [3.8, 4) is 0 Å². The minimum Gasteiger partial charge on any atom is -0.339 e. The molecule has 2 aromatic carbocycles. The molecule has 142 valence electrons. The summed E-state index contributed by atoms with van der Waals surface area (Å²) in [5.41, 5.74) is 3.86. The van der Waals surface area contributed by atoms with Gasteiger partial charge in [-0.3, -0.25) is 9.59 Å². The maximum atomic E-state index is 13.1. The minimum absolute atomic E-state index is 0.0364. The van der Waals surface area contributed by atoms with Gasteiger partial charge < -0.3 is 10.2 Å². The second-order valence-electron chi connectivity index (χ2n) is 7.47. The van der Waals surface area contributed by atoms with Gasteiger partial charge in [-0.1, -0.05) is 30.3 Å². The number of rotatable bonds is 5. The van der Waals surface area contributed by atoms with Crippen molar-refractivity contribution in [3.63, 3.8) is 0 Å². The third-order valence-electron chi connectivity index (χ3n) is 5.57. The lowest BCUT2D eigenvalue weighted by Gasteiger charge is -2.32. The number of nitrogens with zero attached hydrogens (tertiary/aromatic N) is 1. The van der Waals surface area contributed by atoms with Gasteiger partial charge in [0.2, 0.25) is 0 Å². The topological polar surface area (TPSA) is 49.4 Å². The van der Waals surface area contributed by atoms with Crippen LogP contribution in [0.15, 0.2) is 42.5 Å². The standard InChI is InChI=1S/C23H28N2O2/c1-16-8-9-19(14-17(16)2)22(26)20-6-4-5-7-21(20)23(27)25-12-10-18(11-13-25)15-24-3/h4-9,14,18,24H,10-13,15H2,1-3H3. The number of benzene rings is 2. The molecule has 1 saturated heterocycles. The molecule has 0 aliphatic carbocycles. The molecule has 0 atom stereocenters. The Labute approximate surface area is 161 Å². The predicted octanol–water partition coefficient (Wildman–Crippen LogP) is 3.61. The van der Waals surface area contributed by atoms with Crippen molar-refractivity contribution in [1.29, 1.82) is 0 Å². The van der Waals surface area contributed by atoms with E-state index in [9.17, 15) is 9.59 Å². The lowest BCUT2D eigenvalue weighted by molar-refractivity contribution is 0.0687. The van der Waals surface area contributed by atoms with E-state index in [1.165, 1.54) is 0 Å². The summed E-state index contributed by atoms with van der Waals surface area (Å²) < 4.78 is 0. The number of carbonyl (C=O) groups is 2. The quantitative estimate of drug-likeness (QED) is 0.825. The van der Waals surface area contributed by atoms with Crippen LogP contribution >= 0.6 is 0 Å². The zero-order valence-corrected chi connectivity index (χ0v) is 16.4.